The van der Waals surface area contributed by atoms with Crippen LogP contribution in [0.2, 0.25) is 0 Å². The van der Waals surface area contributed by atoms with Gasteiger partial charge >= 0.3 is 6.09 Å². The van der Waals surface area contributed by atoms with Gasteiger partial charge in [-0.25, -0.2) is 4.79 Å². The number of hydrogen-bond acceptors (Lipinski definition) is 4. The van der Waals surface area contributed by atoms with Crippen molar-refractivity contribution in [2.24, 2.45) is 0 Å². The van der Waals surface area contributed by atoms with Crippen molar-refractivity contribution in [3.8, 4) is 5.75 Å². The van der Waals surface area contributed by atoms with Crippen molar-refractivity contribution in [3.05, 3.63) is 18.2 Å². The zero-order chi connectivity index (χ0) is 13.8. The third-order valence-electron chi connectivity index (χ3n) is 3.33. The van der Waals surface area contributed by atoms with Gasteiger partial charge in [0.2, 0.25) is 0 Å². The molecule has 6 heteroatoms. The lowest BCUT2D eigenvalue weighted by Crippen LogP contribution is -2.47. The molecule has 1 fully saturated rings. The molecule has 1 aliphatic rings. The van der Waals surface area contributed by atoms with E-state index in [0.29, 0.717) is 18.0 Å². The molecule has 2 rings (SSSR count). The minimum absolute atomic E-state index is 0.0326. The molecule has 0 saturated carbocycles. The van der Waals surface area contributed by atoms with Crippen LogP contribution >= 0.6 is 0 Å². The van der Waals surface area contributed by atoms with Gasteiger partial charge in [0.25, 0.3) is 0 Å². The molecule has 0 spiro atoms. The van der Waals surface area contributed by atoms with E-state index in [0.717, 1.165) is 25.1 Å². The molecule has 1 atom stereocenters. The van der Waals surface area contributed by atoms with Crippen LogP contribution in [0.1, 0.15) is 12.8 Å². The molecule has 1 aliphatic heterocycles. The standard InChI is InChI=1S/C13H19N3O3/c1-19-12-7-10(4-5-11(12)14)16-6-2-3-9(8-16)15-13(17)18/h4-5,7,9,15H,2-3,6,8,14H2,1H3,(H,17,18). The van der Waals surface area contributed by atoms with Gasteiger partial charge in [-0.05, 0) is 25.0 Å². The zero-order valence-corrected chi connectivity index (χ0v) is 10.9. The molecular formula is C13H19N3O3. The number of hydrogen-bond donors (Lipinski definition) is 3. The molecule has 1 saturated heterocycles. The summed E-state index contributed by atoms with van der Waals surface area (Å²) in [5.41, 5.74) is 7.39. The molecular weight excluding hydrogens is 246 g/mol. The van der Waals surface area contributed by atoms with Crippen LogP contribution in [0.5, 0.6) is 5.75 Å². The summed E-state index contributed by atoms with van der Waals surface area (Å²) < 4.78 is 5.21. The number of ether oxygens (including phenoxy) is 1. The second kappa shape index (κ2) is 5.69. The SMILES string of the molecule is COc1cc(N2CCCC(NC(=O)O)C2)ccc1N. The number of nitrogen functional groups attached to an aromatic ring is 1. The summed E-state index contributed by atoms with van der Waals surface area (Å²) in [6, 6.07) is 5.59. The van der Waals surface area contributed by atoms with E-state index < -0.39 is 6.09 Å². The van der Waals surface area contributed by atoms with Gasteiger partial charge in [-0.1, -0.05) is 0 Å². The van der Waals surface area contributed by atoms with Gasteiger partial charge in [0.1, 0.15) is 5.75 Å². The smallest absolute Gasteiger partial charge is 0.404 e. The molecule has 1 aromatic rings. The quantitative estimate of drug-likeness (QED) is 0.721. The molecule has 0 radical (unpaired) electrons. The van der Waals surface area contributed by atoms with Gasteiger partial charge in [0.15, 0.2) is 0 Å². The number of nitrogens with two attached hydrogens (primary N) is 1. The average Bonchev–Trinajstić information content (AvgIpc) is 2.39. The molecule has 1 aromatic carbocycles. The van der Waals surface area contributed by atoms with Crippen LogP contribution in [-0.4, -0.2) is 37.4 Å². The lowest BCUT2D eigenvalue weighted by atomic mass is 10.0. The van der Waals surface area contributed by atoms with Gasteiger partial charge in [0.05, 0.1) is 12.8 Å². The van der Waals surface area contributed by atoms with E-state index in [4.69, 9.17) is 15.6 Å². The van der Waals surface area contributed by atoms with E-state index in [1.165, 1.54) is 0 Å². The maximum Gasteiger partial charge on any atom is 0.404 e. The van der Waals surface area contributed by atoms with Crippen LogP contribution in [0.15, 0.2) is 18.2 Å². The molecule has 0 aromatic heterocycles. The van der Waals surface area contributed by atoms with Crippen LogP contribution in [-0.2, 0) is 0 Å². The van der Waals surface area contributed by atoms with Crippen molar-refractivity contribution in [1.82, 2.24) is 5.32 Å². The Labute approximate surface area is 112 Å². The average molecular weight is 265 g/mol. The largest absolute Gasteiger partial charge is 0.495 e. The van der Waals surface area contributed by atoms with Gasteiger partial charge in [-0.15, -0.1) is 0 Å². The predicted octanol–water partition coefficient (Wildman–Crippen LogP) is 1.51. The van der Waals surface area contributed by atoms with Crippen LogP contribution < -0.4 is 20.7 Å². The first-order chi connectivity index (χ1) is 9.10. The van der Waals surface area contributed by atoms with Gasteiger partial charge in [-0.3, -0.25) is 0 Å². The van der Waals surface area contributed by atoms with Gasteiger partial charge in [0, 0.05) is 30.9 Å². The minimum Gasteiger partial charge on any atom is -0.495 e. The summed E-state index contributed by atoms with van der Waals surface area (Å²) in [5.74, 6) is 0.644. The Morgan fingerprint density at radius 3 is 3.05 bits per heavy atom. The Morgan fingerprint density at radius 1 is 1.58 bits per heavy atom. The molecule has 4 N–H and O–H groups in total. The van der Waals surface area contributed by atoms with E-state index in [2.05, 4.69) is 10.2 Å². The van der Waals surface area contributed by atoms with Crippen molar-refractivity contribution in [2.75, 3.05) is 30.8 Å². The van der Waals surface area contributed by atoms with Crippen LogP contribution in [0, 0.1) is 0 Å². The number of carbonyl (C=O) groups is 1. The monoisotopic (exact) mass is 265 g/mol. The number of nitrogens with zero attached hydrogens (tertiary/aromatic N) is 1. The Morgan fingerprint density at radius 2 is 2.37 bits per heavy atom. The van der Waals surface area contributed by atoms with Crippen LogP contribution in [0.25, 0.3) is 0 Å². The molecule has 104 valence electrons. The number of anilines is 2. The van der Waals surface area contributed by atoms with E-state index >= 15 is 0 Å². The number of nitrogens with one attached hydrogen (secondary N) is 1. The highest BCUT2D eigenvalue weighted by atomic mass is 16.5. The minimum atomic E-state index is -0.971. The Kier molecular flexibility index (Phi) is 3.99. The topological polar surface area (TPSA) is 87.8 Å². The third-order valence-corrected chi connectivity index (χ3v) is 3.33. The van der Waals surface area contributed by atoms with Crippen molar-refractivity contribution in [2.45, 2.75) is 18.9 Å². The summed E-state index contributed by atoms with van der Waals surface area (Å²) in [5, 5.41) is 11.3. The third kappa shape index (κ3) is 3.21. The summed E-state index contributed by atoms with van der Waals surface area (Å²) in [6.07, 6.45) is 0.855. The predicted molar refractivity (Wildman–Crippen MR) is 73.8 cm³/mol. The molecule has 1 amide bonds. The van der Waals surface area contributed by atoms with Crippen molar-refractivity contribution < 1.29 is 14.6 Å². The highest BCUT2D eigenvalue weighted by Gasteiger charge is 2.21. The van der Waals surface area contributed by atoms with Crippen molar-refractivity contribution in [1.29, 1.82) is 0 Å². The lowest BCUT2D eigenvalue weighted by molar-refractivity contribution is 0.188. The number of piperidine rings is 1. The van der Waals surface area contributed by atoms with Crippen molar-refractivity contribution >= 4 is 17.5 Å². The number of carboxylic acid groups (broad SMARTS) is 1. The molecule has 1 heterocycles. The number of benzene rings is 1. The normalized spacial score (nSPS) is 19.0. The second-order valence-electron chi connectivity index (χ2n) is 4.66. The first-order valence-electron chi connectivity index (χ1n) is 6.28. The second-order valence-corrected chi connectivity index (χ2v) is 4.66. The molecule has 6 nitrogen and oxygen atoms in total. The maximum atomic E-state index is 10.7. The van der Waals surface area contributed by atoms with Crippen molar-refractivity contribution in [3.63, 3.8) is 0 Å². The fraction of sp³-hybridized carbons (Fsp3) is 0.462. The maximum absolute atomic E-state index is 10.7. The number of amides is 1. The lowest BCUT2D eigenvalue weighted by Gasteiger charge is -2.34. The summed E-state index contributed by atoms with van der Waals surface area (Å²) >= 11 is 0. The Balaban J connectivity index is 2.10. The zero-order valence-electron chi connectivity index (χ0n) is 10.9. The first-order valence-corrected chi connectivity index (χ1v) is 6.28. The van der Waals surface area contributed by atoms with Crippen LogP contribution in [0.3, 0.4) is 0 Å². The van der Waals surface area contributed by atoms with E-state index in [-0.39, 0.29) is 6.04 Å². The summed E-state index contributed by atoms with van der Waals surface area (Å²) in [4.78, 5) is 12.8. The van der Waals surface area contributed by atoms with Gasteiger partial charge in [-0.2, -0.15) is 0 Å². The fourth-order valence-corrected chi connectivity index (χ4v) is 2.40. The van der Waals surface area contributed by atoms with Gasteiger partial charge < -0.3 is 25.8 Å². The Hall–Kier alpha value is -2.11. The fourth-order valence-electron chi connectivity index (χ4n) is 2.40. The molecule has 1 unspecified atom stereocenters. The molecule has 19 heavy (non-hydrogen) atoms. The highest BCUT2D eigenvalue weighted by molar-refractivity contribution is 5.65. The summed E-state index contributed by atoms with van der Waals surface area (Å²) in [6.45, 7) is 1.57. The molecule has 0 bridgehead atoms. The molecule has 0 aliphatic carbocycles. The number of methoxy groups -OCH3 is 1. The van der Waals surface area contributed by atoms with E-state index in [1.807, 2.05) is 18.2 Å². The van der Waals surface area contributed by atoms with E-state index in [1.54, 1.807) is 7.11 Å². The Bertz CT molecular complexity index is 464. The first kappa shape index (κ1) is 13.3. The number of rotatable bonds is 3. The van der Waals surface area contributed by atoms with E-state index in [9.17, 15) is 4.79 Å². The summed E-state index contributed by atoms with van der Waals surface area (Å²) in [7, 11) is 1.58. The highest BCUT2D eigenvalue weighted by Crippen LogP contribution is 2.29. The van der Waals surface area contributed by atoms with Crippen LogP contribution in [0.4, 0.5) is 16.2 Å².